The normalized spacial score (nSPS) is 18.7. The number of nitrogens with zero attached hydrogens (tertiary/aromatic N) is 3. The van der Waals surface area contributed by atoms with Crippen molar-refractivity contribution >= 4 is 11.9 Å². The van der Waals surface area contributed by atoms with E-state index in [1.54, 1.807) is 6.92 Å². The molecule has 6 nitrogen and oxygen atoms in total. The minimum absolute atomic E-state index is 0.0155. The van der Waals surface area contributed by atoms with Crippen molar-refractivity contribution in [3.8, 4) is 0 Å². The fourth-order valence-electron chi connectivity index (χ4n) is 3.12. The predicted molar refractivity (Wildman–Crippen MR) is 106 cm³/mol. The quantitative estimate of drug-likeness (QED) is 0.368. The first-order chi connectivity index (χ1) is 13.0. The molecule has 1 heterocycles. The summed E-state index contributed by atoms with van der Waals surface area (Å²) >= 11 is 0. The lowest BCUT2D eigenvalue weighted by Gasteiger charge is -2.26. The van der Waals surface area contributed by atoms with Gasteiger partial charge in [0.2, 0.25) is 5.91 Å². The Morgan fingerprint density at radius 1 is 1.21 bits per heavy atom. The highest BCUT2D eigenvalue weighted by atomic mass is 19.4. The SMILES string of the molecule is CCNC(=NCCNC(=O)C(C)(C)C)N1CCC(CN(CC)CC(F)(F)F)C1. The van der Waals surface area contributed by atoms with Crippen molar-refractivity contribution in [1.29, 1.82) is 0 Å². The third kappa shape index (κ3) is 9.12. The fraction of sp³-hybridized carbons (Fsp3) is 0.895. The standard InChI is InChI=1S/C19H36F3N5O/c1-6-23-17(25-10-9-24-16(28)18(3,4)5)27-11-8-15(13-27)12-26(7-2)14-19(20,21)22/h15H,6-14H2,1-5H3,(H,23,25)(H,24,28). The van der Waals surface area contributed by atoms with Crippen LogP contribution in [0.15, 0.2) is 4.99 Å². The van der Waals surface area contributed by atoms with Gasteiger partial charge in [-0.05, 0) is 25.8 Å². The van der Waals surface area contributed by atoms with E-state index in [-0.39, 0.29) is 11.8 Å². The van der Waals surface area contributed by atoms with E-state index in [0.29, 0.717) is 39.3 Å². The molecule has 0 saturated carbocycles. The van der Waals surface area contributed by atoms with Crippen molar-refractivity contribution in [3.05, 3.63) is 0 Å². The molecule has 1 amide bonds. The molecule has 0 spiro atoms. The van der Waals surface area contributed by atoms with Gasteiger partial charge in [-0.3, -0.25) is 14.7 Å². The number of halogens is 3. The third-order valence-electron chi connectivity index (χ3n) is 4.63. The molecule has 9 heteroatoms. The van der Waals surface area contributed by atoms with E-state index in [9.17, 15) is 18.0 Å². The number of alkyl halides is 3. The minimum atomic E-state index is -4.16. The van der Waals surface area contributed by atoms with Gasteiger partial charge in [0.1, 0.15) is 0 Å². The van der Waals surface area contributed by atoms with Crippen LogP contribution in [0.1, 0.15) is 41.0 Å². The van der Waals surface area contributed by atoms with Gasteiger partial charge in [0.15, 0.2) is 5.96 Å². The highest BCUT2D eigenvalue weighted by Gasteiger charge is 2.33. The van der Waals surface area contributed by atoms with Gasteiger partial charge >= 0.3 is 6.18 Å². The molecule has 0 aromatic carbocycles. The summed E-state index contributed by atoms with van der Waals surface area (Å²) in [4.78, 5) is 20.0. The van der Waals surface area contributed by atoms with Crippen LogP contribution < -0.4 is 10.6 Å². The number of amides is 1. The second-order valence-corrected chi connectivity index (χ2v) is 8.29. The summed E-state index contributed by atoms with van der Waals surface area (Å²) < 4.78 is 38.0. The monoisotopic (exact) mass is 407 g/mol. The van der Waals surface area contributed by atoms with Crippen molar-refractivity contribution in [1.82, 2.24) is 20.4 Å². The van der Waals surface area contributed by atoms with Crippen LogP contribution in [0.25, 0.3) is 0 Å². The number of likely N-dealkylation sites (tertiary alicyclic amines) is 1. The number of rotatable bonds is 8. The molecule has 0 aliphatic carbocycles. The molecule has 1 fully saturated rings. The van der Waals surface area contributed by atoms with E-state index in [1.165, 1.54) is 4.90 Å². The van der Waals surface area contributed by atoms with E-state index >= 15 is 0 Å². The maximum Gasteiger partial charge on any atom is 0.401 e. The second-order valence-electron chi connectivity index (χ2n) is 8.29. The molecule has 1 atom stereocenters. The number of hydrogen-bond acceptors (Lipinski definition) is 3. The smallest absolute Gasteiger partial charge is 0.357 e. The van der Waals surface area contributed by atoms with Gasteiger partial charge in [-0.15, -0.1) is 0 Å². The van der Waals surface area contributed by atoms with Crippen molar-refractivity contribution in [2.75, 3.05) is 52.4 Å². The Balaban J connectivity index is 2.54. The molecular weight excluding hydrogens is 371 g/mol. The van der Waals surface area contributed by atoms with Gasteiger partial charge in [-0.1, -0.05) is 27.7 Å². The Kier molecular flexibility index (Phi) is 9.53. The van der Waals surface area contributed by atoms with Gasteiger partial charge in [0, 0.05) is 38.1 Å². The summed E-state index contributed by atoms with van der Waals surface area (Å²) in [6.07, 6.45) is -3.32. The molecule has 28 heavy (non-hydrogen) atoms. The Morgan fingerprint density at radius 2 is 1.89 bits per heavy atom. The Labute approximate surface area is 166 Å². The largest absolute Gasteiger partial charge is 0.401 e. The van der Waals surface area contributed by atoms with E-state index in [2.05, 4.69) is 20.5 Å². The van der Waals surface area contributed by atoms with Crippen LogP contribution in [0.5, 0.6) is 0 Å². The lowest BCUT2D eigenvalue weighted by Crippen LogP contribution is -2.42. The van der Waals surface area contributed by atoms with E-state index in [0.717, 1.165) is 18.9 Å². The summed E-state index contributed by atoms with van der Waals surface area (Å²) in [5.41, 5.74) is -0.433. The molecule has 0 bridgehead atoms. The molecule has 0 radical (unpaired) electrons. The van der Waals surface area contributed by atoms with Crippen LogP contribution in [-0.4, -0.2) is 80.2 Å². The average Bonchev–Trinajstić information content (AvgIpc) is 3.03. The first-order valence-corrected chi connectivity index (χ1v) is 10.1. The molecule has 0 aromatic heterocycles. The van der Waals surface area contributed by atoms with Crippen LogP contribution in [0.2, 0.25) is 0 Å². The molecule has 1 aliphatic heterocycles. The van der Waals surface area contributed by atoms with Gasteiger partial charge < -0.3 is 15.5 Å². The van der Waals surface area contributed by atoms with E-state index in [1.807, 2.05) is 27.7 Å². The van der Waals surface area contributed by atoms with E-state index < -0.39 is 18.1 Å². The summed E-state index contributed by atoms with van der Waals surface area (Å²) in [5, 5.41) is 6.11. The molecule has 164 valence electrons. The number of carbonyl (C=O) groups is 1. The van der Waals surface area contributed by atoms with Crippen LogP contribution in [0, 0.1) is 11.3 Å². The molecule has 1 aliphatic rings. The summed E-state index contributed by atoms with van der Waals surface area (Å²) in [5.74, 6) is 0.930. The molecular formula is C19H36F3N5O. The Morgan fingerprint density at radius 3 is 2.43 bits per heavy atom. The fourth-order valence-corrected chi connectivity index (χ4v) is 3.12. The zero-order valence-electron chi connectivity index (χ0n) is 17.8. The number of hydrogen-bond donors (Lipinski definition) is 2. The van der Waals surface area contributed by atoms with Gasteiger partial charge in [-0.25, -0.2) is 0 Å². The number of carbonyl (C=O) groups excluding carboxylic acids is 1. The zero-order valence-corrected chi connectivity index (χ0v) is 17.8. The predicted octanol–water partition coefficient (Wildman–Crippen LogP) is 2.32. The second kappa shape index (κ2) is 10.9. The molecule has 2 N–H and O–H groups in total. The maximum atomic E-state index is 12.7. The van der Waals surface area contributed by atoms with Gasteiger partial charge in [0.05, 0.1) is 13.1 Å². The Hall–Kier alpha value is -1.51. The zero-order chi connectivity index (χ0) is 21.4. The first kappa shape index (κ1) is 24.5. The summed E-state index contributed by atoms with van der Waals surface area (Å²) in [7, 11) is 0. The molecule has 1 saturated heterocycles. The van der Waals surface area contributed by atoms with Crippen molar-refractivity contribution in [3.63, 3.8) is 0 Å². The van der Waals surface area contributed by atoms with Crippen LogP contribution >= 0.6 is 0 Å². The van der Waals surface area contributed by atoms with Gasteiger partial charge in [-0.2, -0.15) is 13.2 Å². The number of nitrogens with one attached hydrogen (secondary N) is 2. The lowest BCUT2D eigenvalue weighted by atomic mass is 9.96. The molecule has 1 rings (SSSR count). The van der Waals surface area contributed by atoms with E-state index in [4.69, 9.17) is 0 Å². The lowest BCUT2D eigenvalue weighted by molar-refractivity contribution is -0.146. The number of aliphatic imine (C=N–C) groups is 1. The highest BCUT2D eigenvalue weighted by molar-refractivity contribution is 5.81. The summed E-state index contributed by atoms with van der Waals surface area (Å²) in [6.45, 7) is 12.4. The van der Waals surface area contributed by atoms with Crippen LogP contribution in [-0.2, 0) is 4.79 Å². The third-order valence-corrected chi connectivity index (χ3v) is 4.63. The maximum absolute atomic E-state index is 12.7. The van der Waals surface area contributed by atoms with Crippen molar-refractivity contribution in [2.45, 2.75) is 47.2 Å². The van der Waals surface area contributed by atoms with Crippen LogP contribution in [0.3, 0.4) is 0 Å². The topological polar surface area (TPSA) is 60.0 Å². The molecule has 1 unspecified atom stereocenters. The Bertz CT molecular complexity index is 517. The van der Waals surface area contributed by atoms with Crippen LogP contribution in [0.4, 0.5) is 13.2 Å². The van der Waals surface area contributed by atoms with Gasteiger partial charge in [0.25, 0.3) is 0 Å². The summed E-state index contributed by atoms with van der Waals surface area (Å²) in [6, 6.07) is 0. The first-order valence-electron chi connectivity index (χ1n) is 10.1. The highest BCUT2D eigenvalue weighted by Crippen LogP contribution is 2.21. The average molecular weight is 408 g/mol. The molecule has 0 aromatic rings. The minimum Gasteiger partial charge on any atom is -0.357 e. The number of guanidine groups is 1. The van der Waals surface area contributed by atoms with Crippen molar-refractivity contribution in [2.24, 2.45) is 16.3 Å². The van der Waals surface area contributed by atoms with Crippen molar-refractivity contribution < 1.29 is 18.0 Å².